The van der Waals surface area contributed by atoms with E-state index < -0.39 is 29.5 Å². The molecule has 4 rings (SSSR count). The minimum atomic E-state index is -1.000. The first-order chi connectivity index (χ1) is 15.7. The first-order valence-electron chi connectivity index (χ1n) is 10.9. The fourth-order valence-corrected chi connectivity index (χ4v) is 4.81. The van der Waals surface area contributed by atoms with Crippen LogP contribution in [0.5, 0.6) is 0 Å². The first kappa shape index (κ1) is 22.9. The number of hydrogen-bond acceptors (Lipinski definition) is 4. The van der Waals surface area contributed by atoms with Crippen LogP contribution in [-0.4, -0.2) is 57.6 Å². The van der Waals surface area contributed by atoms with Crippen LogP contribution in [0.3, 0.4) is 0 Å². The fraction of sp³-hybridized carbons (Fsp3) is 0.400. The third-order valence-electron chi connectivity index (χ3n) is 6.42. The van der Waals surface area contributed by atoms with E-state index in [1.807, 2.05) is 0 Å². The highest BCUT2D eigenvalue weighted by atomic mass is 19.1. The van der Waals surface area contributed by atoms with Crippen LogP contribution < -0.4 is 0 Å². The number of hydrogen-bond donors (Lipinski definition) is 0. The maximum atomic E-state index is 13.9. The standard InChI is InChI=1S/C25H25F2N3O3/c1-4-20-15-18(7-10-28-20)23(31)29-11-8-25(9-12-29)24(32)30-21(5-6-22(30)33-25)16(2)13-19(27)14-17(3)26/h1,7,10,13-15,21-22H,2,5-6,8-9,11-12H2,3H3/b17-14+,19-13+/t21-,22+/m0/s1. The van der Waals surface area contributed by atoms with Crippen molar-refractivity contribution >= 4 is 11.8 Å². The number of carbonyl (C=O) groups is 2. The third-order valence-corrected chi connectivity index (χ3v) is 6.42. The van der Waals surface area contributed by atoms with Gasteiger partial charge in [-0.3, -0.25) is 9.59 Å². The predicted molar refractivity (Wildman–Crippen MR) is 118 cm³/mol. The lowest BCUT2D eigenvalue weighted by Crippen LogP contribution is -2.52. The molecule has 0 unspecified atom stereocenters. The molecule has 0 aromatic carbocycles. The Morgan fingerprint density at radius 2 is 2.06 bits per heavy atom. The van der Waals surface area contributed by atoms with Gasteiger partial charge in [0.05, 0.1) is 11.9 Å². The maximum Gasteiger partial charge on any atom is 0.257 e. The second kappa shape index (κ2) is 8.91. The molecule has 1 spiro atoms. The van der Waals surface area contributed by atoms with Crippen LogP contribution in [0.2, 0.25) is 0 Å². The highest BCUT2D eigenvalue weighted by Gasteiger charge is 2.58. The lowest BCUT2D eigenvalue weighted by molar-refractivity contribution is -0.142. The molecule has 2 atom stereocenters. The van der Waals surface area contributed by atoms with Gasteiger partial charge in [-0.1, -0.05) is 12.5 Å². The molecular weight excluding hydrogens is 428 g/mol. The second-order valence-electron chi connectivity index (χ2n) is 8.57. The van der Waals surface area contributed by atoms with Crippen molar-refractivity contribution < 1.29 is 23.1 Å². The van der Waals surface area contributed by atoms with Crippen LogP contribution in [0.25, 0.3) is 0 Å². The van der Waals surface area contributed by atoms with Crippen LogP contribution in [0.15, 0.2) is 54.3 Å². The molecule has 3 aliphatic rings. The zero-order valence-electron chi connectivity index (χ0n) is 18.4. The number of ether oxygens (including phenoxy) is 1. The van der Waals surface area contributed by atoms with Crippen molar-refractivity contribution in [3.63, 3.8) is 0 Å². The smallest absolute Gasteiger partial charge is 0.257 e. The van der Waals surface area contributed by atoms with Crippen molar-refractivity contribution in [2.75, 3.05) is 13.1 Å². The molecule has 2 amide bonds. The van der Waals surface area contributed by atoms with Crippen LogP contribution in [0, 0.1) is 12.3 Å². The maximum absolute atomic E-state index is 13.9. The molecule has 1 aromatic heterocycles. The Balaban J connectivity index is 1.44. The molecule has 0 bridgehead atoms. The summed E-state index contributed by atoms with van der Waals surface area (Å²) in [6.07, 6.45) is 10.3. The van der Waals surface area contributed by atoms with Crippen molar-refractivity contribution in [3.8, 4) is 12.3 Å². The Morgan fingerprint density at radius 1 is 1.33 bits per heavy atom. The van der Waals surface area contributed by atoms with Crippen molar-refractivity contribution in [1.29, 1.82) is 0 Å². The van der Waals surface area contributed by atoms with Gasteiger partial charge in [0, 0.05) is 43.8 Å². The molecular formula is C25H25F2N3O3. The average molecular weight is 453 g/mol. The van der Waals surface area contributed by atoms with E-state index >= 15 is 0 Å². The largest absolute Gasteiger partial charge is 0.342 e. The Bertz CT molecular complexity index is 1090. The van der Waals surface area contributed by atoms with Gasteiger partial charge in [-0.15, -0.1) is 6.42 Å². The van der Waals surface area contributed by atoms with Crippen molar-refractivity contribution in [2.45, 2.75) is 50.5 Å². The monoisotopic (exact) mass is 453 g/mol. The second-order valence-corrected chi connectivity index (χ2v) is 8.57. The quantitative estimate of drug-likeness (QED) is 0.516. The number of pyridine rings is 1. The summed E-state index contributed by atoms with van der Waals surface area (Å²) in [6.45, 7) is 5.78. The molecule has 3 fully saturated rings. The Morgan fingerprint density at radius 3 is 2.73 bits per heavy atom. The molecule has 3 aliphatic heterocycles. The normalized spacial score (nSPS) is 24.7. The highest BCUT2D eigenvalue weighted by molar-refractivity contribution is 5.95. The van der Waals surface area contributed by atoms with E-state index in [4.69, 9.17) is 11.2 Å². The SMILES string of the molecule is C#Cc1cc(C(=O)N2CCC3(CC2)O[C@@H]2CC[C@@H](C(=C)/C=C(F)\C=C(/C)F)N2C3=O)ccn1. The zero-order valence-corrected chi connectivity index (χ0v) is 18.4. The molecule has 0 saturated carbocycles. The first-order valence-corrected chi connectivity index (χ1v) is 10.9. The van der Waals surface area contributed by atoms with Crippen molar-refractivity contribution in [3.05, 3.63) is 65.5 Å². The molecule has 8 heteroatoms. The molecule has 0 N–H and O–H groups in total. The number of rotatable bonds is 4. The van der Waals surface area contributed by atoms with Gasteiger partial charge in [-0.2, -0.15) is 0 Å². The lowest BCUT2D eigenvalue weighted by Gasteiger charge is -2.37. The molecule has 0 aliphatic carbocycles. The molecule has 6 nitrogen and oxygen atoms in total. The Hall–Kier alpha value is -3.31. The van der Waals surface area contributed by atoms with Crippen LogP contribution >= 0.6 is 0 Å². The van der Waals surface area contributed by atoms with E-state index in [1.54, 1.807) is 21.9 Å². The van der Waals surface area contributed by atoms with Gasteiger partial charge >= 0.3 is 0 Å². The van der Waals surface area contributed by atoms with E-state index in [-0.39, 0.29) is 11.8 Å². The molecule has 3 saturated heterocycles. The van der Waals surface area contributed by atoms with Gasteiger partial charge < -0.3 is 14.5 Å². The molecule has 0 radical (unpaired) electrons. The minimum absolute atomic E-state index is 0.159. The van der Waals surface area contributed by atoms with E-state index in [0.29, 0.717) is 55.6 Å². The number of likely N-dealkylation sites (tertiary alicyclic amines) is 1. The minimum Gasteiger partial charge on any atom is -0.342 e. The van der Waals surface area contributed by atoms with Gasteiger partial charge in [0.2, 0.25) is 0 Å². The van der Waals surface area contributed by atoms with Gasteiger partial charge in [0.15, 0.2) is 5.60 Å². The van der Waals surface area contributed by atoms with Crippen LogP contribution in [0.4, 0.5) is 8.78 Å². The van der Waals surface area contributed by atoms with Crippen LogP contribution in [0.1, 0.15) is 48.7 Å². The van der Waals surface area contributed by atoms with Crippen molar-refractivity contribution in [1.82, 2.24) is 14.8 Å². The number of amides is 2. The summed E-state index contributed by atoms with van der Waals surface area (Å²) >= 11 is 0. The van der Waals surface area contributed by atoms with E-state index in [1.165, 1.54) is 6.20 Å². The Kier molecular flexibility index (Phi) is 6.17. The number of allylic oxidation sites excluding steroid dienone is 3. The van der Waals surface area contributed by atoms with Gasteiger partial charge in [0.1, 0.15) is 17.7 Å². The topological polar surface area (TPSA) is 62.7 Å². The average Bonchev–Trinajstić information content (AvgIpc) is 3.31. The molecule has 4 heterocycles. The summed E-state index contributed by atoms with van der Waals surface area (Å²) in [5.74, 6) is 0.693. The van der Waals surface area contributed by atoms with Gasteiger partial charge in [-0.05, 0) is 43.5 Å². The van der Waals surface area contributed by atoms with Crippen molar-refractivity contribution in [2.24, 2.45) is 0 Å². The summed E-state index contributed by atoms with van der Waals surface area (Å²) in [7, 11) is 0. The van der Waals surface area contributed by atoms with Gasteiger partial charge in [-0.25, -0.2) is 13.8 Å². The number of piperidine rings is 1. The Labute approximate surface area is 191 Å². The number of fused-ring (bicyclic) bond motifs is 1. The summed E-state index contributed by atoms with van der Waals surface area (Å²) in [5.41, 5.74) is 0.241. The van der Waals surface area contributed by atoms with Crippen LogP contribution in [-0.2, 0) is 9.53 Å². The molecule has 1 aromatic rings. The third kappa shape index (κ3) is 4.33. The zero-order chi connectivity index (χ0) is 23.8. The summed E-state index contributed by atoms with van der Waals surface area (Å²) in [5, 5.41) is 0. The number of aromatic nitrogens is 1. The highest BCUT2D eigenvalue weighted by Crippen LogP contribution is 2.44. The fourth-order valence-electron chi connectivity index (χ4n) is 4.81. The van der Waals surface area contributed by atoms with E-state index in [2.05, 4.69) is 17.5 Å². The molecule has 172 valence electrons. The lowest BCUT2D eigenvalue weighted by atomic mass is 9.89. The summed E-state index contributed by atoms with van der Waals surface area (Å²) in [6, 6.07) is 2.78. The van der Waals surface area contributed by atoms with Gasteiger partial charge in [0.25, 0.3) is 11.8 Å². The number of terminal acetylenes is 1. The summed E-state index contributed by atoms with van der Waals surface area (Å²) < 4.78 is 33.1. The predicted octanol–water partition coefficient (Wildman–Crippen LogP) is 3.67. The molecule has 33 heavy (non-hydrogen) atoms. The number of nitrogens with zero attached hydrogens (tertiary/aromatic N) is 3. The van der Waals surface area contributed by atoms with E-state index in [0.717, 1.165) is 19.1 Å². The number of carbonyl (C=O) groups excluding carboxylic acids is 2. The van der Waals surface area contributed by atoms with E-state index in [9.17, 15) is 18.4 Å². The number of halogens is 2. The summed E-state index contributed by atoms with van der Waals surface area (Å²) in [4.78, 5) is 33.6.